The maximum absolute atomic E-state index is 5.64. The zero-order valence-electron chi connectivity index (χ0n) is 8.81. The van der Waals surface area contributed by atoms with Crippen LogP contribution in [0.25, 0.3) is 0 Å². The lowest BCUT2D eigenvalue weighted by atomic mass is 10.0. The van der Waals surface area contributed by atoms with Crippen molar-refractivity contribution >= 4 is 0 Å². The first-order chi connectivity index (χ1) is 6.12. The van der Waals surface area contributed by atoms with Gasteiger partial charge in [-0.25, -0.2) is 0 Å². The van der Waals surface area contributed by atoms with Gasteiger partial charge in [0.05, 0.1) is 5.60 Å². The van der Waals surface area contributed by atoms with E-state index in [-0.39, 0.29) is 5.60 Å². The zero-order chi connectivity index (χ0) is 9.73. The van der Waals surface area contributed by atoms with E-state index < -0.39 is 0 Å². The van der Waals surface area contributed by atoms with Gasteiger partial charge in [-0.2, -0.15) is 0 Å². The molecule has 0 spiro atoms. The van der Waals surface area contributed by atoms with E-state index in [0.29, 0.717) is 0 Å². The Labute approximate surface area is 81.5 Å². The Hall–Kier alpha value is -0.560. The van der Waals surface area contributed by atoms with E-state index in [9.17, 15) is 0 Å². The molecule has 1 nitrogen and oxygen atoms in total. The van der Waals surface area contributed by atoms with Crippen molar-refractivity contribution in [2.24, 2.45) is 0 Å². The zero-order valence-corrected chi connectivity index (χ0v) is 8.81. The van der Waals surface area contributed by atoms with Crippen LogP contribution < -0.4 is 0 Å². The Morgan fingerprint density at radius 1 is 1.62 bits per heavy atom. The van der Waals surface area contributed by atoms with E-state index in [0.717, 1.165) is 25.9 Å². The predicted octanol–water partition coefficient (Wildman–Crippen LogP) is 3.47. The average Bonchev–Trinajstić information content (AvgIpc) is 2.47. The quantitative estimate of drug-likeness (QED) is 0.602. The number of hydrogen-bond acceptors (Lipinski definition) is 1. The summed E-state index contributed by atoms with van der Waals surface area (Å²) >= 11 is 0. The molecule has 1 saturated heterocycles. The first kappa shape index (κ1) is 10.5. The van der Waals surface area contributed by atoms with Gasteiger partial charge in [-0.15, -0.1) is 6.58 Å². The average molecular weight is 180 g/mol. The van der Waals surface area contributed by atoms with Crippen LogP contribution in [0.1, 0.15) is 39.5 Å². The largest absolute Gasteiger partial charge is 0.371 e. The molecule has 0 N–H and O–H groups in total. The molecule has 74 valence electrons. The molecule has 0 aromatic heterocycles. The lowest BCUT2D eigenvalue weighted by Gasteiger charge is -2.17. The van der Waals surface area contributed by atoms with Crippen LogP contribution in [-0.4, -0.2) is 12.2 Å². The fraction of sp³-hybridized carbons (Fsp3) is 0.667. The molecular formula is C12H20O. The topological polar surface area (TPSA) is 9.23 Å². The number of allylic oxidation sites excluding steroid dienone is 2. The second kappa shape index (κ2) is 4.61. The number of ether oxygens (including phenoxy) is 1. The fourth-order valence-electron chi connectivity index (χ4n) is 1.59. The van der Waals surface area contributed by atoms with Crippen LogP contribution in [0, 0.1) is 0 Å². The maximum atomic E-state index is 5.64. The van der Waals surface area contributed by atoms with E-state index in [2.05, 4.69) is 32.6 Å². The number of hydrogen-bond donors (Lipinski definition) is 0. The highest BCUT2D eigenvalue weighted by atomic mass is 16.5. The molecule has 0 saturated carbocycles. The Morgan fingerprint density at radius 3 is 2.92 bits per heavy atom. The van der Waals surface area contributed by atoms with Crippen molar-refractivity contribution in [2.45, 2.75) is 45.1 Å². The lowest BCUT2D eigenvalue weighted by Crippen LogP contribution is -2.18. The van der Waals surface area contributed by atoms with Crippen molar-refractivity contribution in [3.63, 3.8) is 0 Å². The van der Waals surface area contributed by atoms with Crippen molar-refractivity contribution in [1.82, 2.24) is 0 Å². The third-order valence-electron chi connectivity index (χ3n) is 2.46. The van der Waals surface area contributed by atoms with E-state index in [1.165, 1.54) is 12.0 Å². The summed E-state index contributed by atoms with van der Waals surface area (Å²) in [5.74, 6) is 0. The predicted molar refractivity (Wildman–Crippen MR) is 56.8 cm³/mol. The molecule has 0 amide bonds. The molecule has 0 aromatic carbocycles. The van der Waals surface area contributed by atoms with E-state index >= 15 is 0 Å². The molecule has 0 bridgehead atoms. The minimum atomic E-state index is 0.0229. The highest BCUT2D eigenvalue weighted by molar-refractivity contribution is 5.03. The van der Waals surface area contributed by atoms with Gasteiger partial charge < -0.3 is 4.74 Å². The molecule has 1 rings (SSSR count). The van der Waals surface area contributed by atoms with Crippen molar-refractivity contribution in [1.29, 1.82) is 0 Å². The van der Waals surface area contributed by atoms with Crippen LogP contribution in [-0.2, 0) is 4.74 Å². The SMILES string of the molecule is C=C(C)CCC=CC1(C)CCCO1. The van der Waals surface area contributed by atoms with Crippen LogP contribution in [0.2, 0.25) is 0 Å². The summed E-state index contributed by atoms with van der Waals surface area (Å²) in [6.07, 6.45) is 8.97. The van der Waals surface area contributed by atoms with E-state index in [1.54, 1.807) is 0 Å². The van der Waals surface area contributed by atoms with Gasteiger partial charge in [0, 0.05) is 6.61 Å². The Morgan fingerprint density at radius 2 is 2.38 bits per heavy atom. The van der Waals surface area contributed by atoms with Crippen LogP contribution in [0.4, 0.5) is 0 Å². The highest BCUT2D eigenvalue weighted by Gasteiger charge is 2.25. The van der Waals surface area contributed by atoms with Crippen molar-refractivity contribution in [3.05, 3.63) is 24.3 Å². The third-order valence-corrected chi connectivity index (χ3v) is 2.46. The molecule has 13 heavy (non-hydrogen) atoms. The summed E-state index contributed by atoms with van der Waals surface area (Å²) in [5.41, 5.74) is 1.27. The van der Waals surface area contributed by atoms with Crippen LogP contribution >= 0.6 is 0 Å². The van der Waals surface area contributed by atoms with Crippen LogP contribution in [0.15, 0.2) is 24.3 Å². The molecule has 1 heteroatoms. The fourth-order valence-corrected chi connectivity index (χ4v) is 1.59. The standard InChI is InChI=1S/C12H20O/c1-11(2)7-4-5-8-12(3)9-6-10-13-12/h5,8H,1,4,6-7,9-10H2,2-3H3. The summed E-state index contributed by atoms with van der Waals surface area (Å²) in [5, 5.41) is 0. The monoisotopic (exact) mass is 180 g/mol. The third kappa shape index (κ3) is 3.77. The minimum absolute atomic E-state index is 0.0229. The summed E-state index contributed by atoms with van der Waals surface area (Å²) in [7, 11) is 0. The molecular weight excluding hydrogens is 160 g/mol. The van der Waals surface area contributed by atoms with Gasteiger partial charge in [-0.3, -0.25) is 0 Å². The van der Waals surface area contributed by atoms with Crippen molar-refractivity contribution in [2.75, 3.05) is 6.61 Å². The molecule has 1 heterocycles. The highest BCUT2D eigenvalue weighted by Crippen LogP contribution is 2.26. The van der Waals surface area contributed by atoms with E-state index in [1.807, 2.05) is 0 Å². The first-order valence-corrected chi connectivity index (χ1v) is 5.08. The van der Waals surface area contributed by atoms with Crippen molar-refractivity contribution in [3.8, 4) is 0 Å². The van der Waals surface area contributed by atoms with Gasteiger partial charge in [-0.05, 0) is 39.5 Å². The van der Waals surface area contributed by atoms with Gasteiger partial charge >= 0.3 is 0 Å². The second-order valence-electron chi connectivity index (χ2n) is 4.16. The minimum Gasteiger partial charge on any atom is -0.371 e. The Balaban J connectivity index is 2.26. The molecule has 1 aliphatic rings. The smallest absolute Gasteiger partial charge is 0.0835 e. The molecule has 1 aliphatic heterocycles. The van der Waals surface area contributed by atoms with Gasteiger partial charge in [-0.1, -0.05) is 17.7 Å². The first-order valence-electron chi connectivity index (χ1n) is 5.08. The van der Waals surface area contributed by atoms with Gasteiger partial charge in [0.1, 0.15) is 0 Å². The molecule has 0 radical (unpaired) electrons. The summed E-state index contributed by atoms with van der Waals surface area (Å²) in [4.78, 5) is 0. The Kier molecular flexibility index (Phi) is 3.73. The van der Waals surface area contributed by atoms with Gasteiger partial charge in [0.25, 0.3) is 0 Å². The molecule has 1 atom stereocenters. The Bertz CT molecular complexity index is 197. The molecule has 1 fully saturated rings. The normalized spacial score (nSPS) is 28.5. The summed E-state index contributed by atoms with van der Waals surface area (Å²) in [6.45, 7) is 9.03. The van der Waals surface area contributed by atoms with Gasteiger partial charge in [0.2, 0.25) is 0 Å². The summed E-state index contributed by atoms with van der Waals surface area (Å²) < 4.78 is 5.64. The second-order valence-corrected chi connectivity index (χ2v) is 4.16. The van der Waals surface area contributed by atoms with Crippen molar-refractivity contribution < 1.29 is 4.74 Å². The summed E-state index contributed by atoms with van der Waals surface area (Å²) in [6, 6.07) is 0. The van der Waals surface area contributed by atoms with Gasteiger partial charge in [0.15, 0.2) is 0 Å². The maximum Gasteiger partial charge on any atom is 0.0835 e. The van der Waals surface area contributed by atoms with E-state index in [4.69, 9.17) is 4.74 Å². The number of rotatable bonds is 4. The van der Waals surface area contributed by atoms with Crippen LogP contribution in [0.5, 0.6) is 0 Å². The lowest BCUT2D eigenvalue weighted by molar-refractivity contribution is 0.0611. The molecule has 1 unspecified atom stereocenters. The molecule has 0 aliphatic carbocycles. The molecule has 0 aromatic rings. The van der Waals surface area contributed by atoms with Crippen LogP contribution in [0.3, 0.4) is 0 Å².